The normalized spacial score (nSPS) is 22.4. The summed E-state index contributed by atoms with van der Waals surface area (Å²) in [7, 11) is 0. The van der Waals surface area contributed by atoms with Crippen molar-refractivity contribution in [1.82, 2.24) is 10.1 Å². The van der Waals surface area contributed by atoms with Crippen molar-refractivity contribution < 1.29 is 9.26 Å². The Labute approximate surface area is 144 Å². The average molecular weight is 328 g/mol. The standard InChI is InChI=1S/C20H28N2O2/c1-14(2)18-10-17(21-24-18)11-22-12-19(15(3)4)23-20(13-22)16-8-6-5-7-9-16/h5-10,14-15,19-20H,11-13H2,1-4H3/t19-,20+/m1/s1. The summed E-state index contributed by atoms with van der Waals surface area (Å²) < 4.78 is 11.8. The van der Waals surface area contributed by atoms with Gasteiger partial charge in [0.05, 0.1) is 17.9 Å². The van der Waals surface area contributed by atoms with Crippen LogP contribution in [-0.2, 0) is 11.3 Å². The molecule has 2 aromatic rings. The quantitative estimate of drug-likeness (QED) is 0.815. The van der Waals surface area contributed by atoms with E-state index >= 15 is 0 Å². The molecule has 1 fully saturated rings. The van der Waals surface area contributed by atoms with Crippen molar-refractivity contribution in [3.05, 3.63) is 53.4 Å². The van der Waals surface area contributed by atoms with Gasteiger partial charge in [-0.1, -0.05) is 63.2 Å². The van der Waals surface area contributed by atoms with Crippen LogP contribution >= 0.6 is 0 Å². The molecular weight excluding hydrogens is 300 g/mol. The van der Waals surface area contributed by atoms with Crippen LogP contribution in [0.15, 0.2) is 40.9 Å². The van der Waals surface area contributed by atoms with E-state index in [0.29, 0.717) is 11.8 Å². The van der Waals surface area contributed by atoms with Gasteiger partial charge in [-0.3, -0.25) is 4.90 Å². The number of ether oxygens (including phenoxy) is 1. The first-order valence-corrected chi connectivity index (χ1v) is 8.91. The molecule has 2 heterocycles. The van der Waals surface area contributed by atoms with Crippen LogP contribution in [0, 0.1) is 5.92 Å². The van der Waals surface area contributed by atoms with Gasteiger partial charge in [0.1, 0.15) is 5.76 Å². The molecule has 0 spiro atoms. The van der Waals surface area contributed by atoms with Gasteiger partial charge < -0.3 is 9.26 Å². The fourth-order valence-electron chi connectivity index (χ4n) is 3.11. The minimum absolute atomic E-state index is 0.115. The summed E-state index contributed by atoms with van der Waals surface area (Å²) in [6, 6.07) is 12.6. The van der Waals surface area contributed by atoms with Gasteiger partial charge in [0, 0.05) is 31.6 Å². The molecule has 0 radical (unpaired) electrons. The van der Waals surface area contributed by atoms with Crippen LogP contribution < -0.4 is 0 Å². The fourth-order valence-corrected chi connectivity index (χ4v) is 3.11. The minimum atomic E-state index is 0.115. The molecule has 0 aliphatic carbocycles. The van der Waals surface area contributed by atoms with Crippen molar-refractivity contribution in [2.75, 3.05) is 13.1 Å². The number of hydrogen-bond acceptors (Lipinski definition) is 4. The van der Waals surface area contributed by atoms with Crippen molar-refractivity contribution in [1.29, 1.82) is 0 Å². The Bertz CT molecular complexity index is 636. The lowest BCUT2D eigenvalue weighted by Crippen LogP contribution is -2.45. The van der Waals surface area contributed by atoms with E-state index < -0.39 is 0 Å². The molecule has 0 bridgehead atoms. The van der Waals surface area contributed by atoms with Crippen LogP contribution in [0.1, 0.15) is 56.7 Å². The van der Waals surface area contributed by atoms with E-state index in [4.69, 9.17) is 9.26 Å². The summed E-state index contributed by atoms with van der Waals surface area (Å²) in [5.74, 6) is 1.82. The molecule has 1 aliphatic rings. The zero-order chi connectivity index (χ0) is 17.1. The molecule has 130 valence electrons. The van der Waals surface area contributed by atoms with Gasteiger partial charge in [-0.25, -0.2) is 0 Å². The van der Waals surface area contributed by atoms with Crippen molar-refractivity contribution in [2.24, 2.45) is 5.92 Å². The van der Waals surface area contributed by atoms with Gasteiger partial charge >= 0.3 is 0 Å². The van der Waals surface area contributed by atoms with E-state index in [1.54, 1.807) is 0 Å². The Hall–Kier alpha value is -1.65. The molecule has 0 amide bonds. The lowest BCUT2D eigenvalue weighted by molar-refractivity contribution is -0.108. The van der Waals surface area contributed by atoms with Gasteiger partial charge in [0.15, 0.2) is 0 Å². The highest BCUT2D eigenvalue weighted by Crippen LogP contribution is 2.29. The summed E-state index contributed by atoms with van der Waals surface area (Å²) in [5.41, 5.74) is 2.26. The smallest absolute Gasteiger partial charge is 0.139 e. The second-order valence-corrected chi connectivity index (χ2v) is 7.39. The molecule has 2 atom stereocenters. The summed E-state index contributed by atoms with van der Waals surface area (Å²) in [6.07, 6.45) is 0.351. The molecule has 0 unspecified atom stereocenters. The van der Waals surface area contributed by atoms with Gasteiger partial charge in [0.2, 0.25) is 0 Å². The summed E-state index contributed by atoms with van der Waals surface area (Å²) >= 11 is 0. The van der Waals surface area contributed by atoms with E-state index in [2.05, 4.69) is 68.1 Å². The molecule has 4 heteroatoms. The first-order valence-electron chi connectivity index (χ1n) is 8.91. The zero-order valence-corrected chi connectivity index (χ0v) is 15.1. The second kappa shape index (κ2) is 7.49. The maximum absolute atomic E-state index is 6.36. The monoisotopic (exact) mass is 328 g/mol. The predicted molar refractivity (Wildman–Crippen MR) is 94.8 cm³/mol. The minimum Gasteiger partial charge on any atom is -0.367 e. The number of morpholine rings is 1. The fraction of sp³-hybridized carbons (Fsp3) is 0.550. The molecule has 0 saturated carbocycles. The van der Waals surface area contributed by atoms with E-state index in [1.165, 1.54) is 5.56 Å². The van der Waals surface area contributed by atoms with Gasteiger partial charge in [0.25, 0.3) is 0 Å². The largest absolute Gasteiger partial charge is 0.367 e. The van der Waals surface area contributed by atoms with Gasteiger partial charge in [-0.2, -0.15) is 0 Å². The third-order valence-corrected chi connectivity index (χ3v) is 4.65. The first-order chi connectivity index (χ1) is 11.5. The number of aromatic nitrogens is 1. The van der Waals surface area contributed by atoms with Crippen LogP contribution in [0.2, 0.25) is 0 Å². The molecular formula is C20H28N2O2. The maximum atomic E-state index is 6.36. The molecule has 0 N–H and O–H groups in total. The van der Waals surface area contributed by atoms with Gasteiger partial charge in [-0.05, 0) is 11.5 Å². The Morgan fingerprint density at radius 2 is 1.88 bits per heavy atom. The van der Waals surface area contributed by atoms with Crippen LogP contribution in [0.3, 0.4) is 0 Å². The molecule has 3 rings (SSSR count). The summed E-state index contributed by atoms with van der Waals surface area (Å²) in [4.78, 5) is 2.44. The Morgan fingerprint density at radius 1 is 1.12 bits per heavy atom. The Morgan fingerprint density at radius 3 is 2.50 bits per heavy atom. The number of rotatable bonds is 5. The van der Waals surface area contributed by atoms with E-state index in [-0.39, 0.29) is 12.2 Å². The van der Waals surface area contributed by atoms with Crippen molar-refractivity contribution in [3.63, 3.8) is 0 Å². The molecule has 1 saturated heterocycles. The topological polar surface area (TPSA) is 38.5 Å². The van der Waals surface area contributed by atoms with Crippen molar-refractivity contribution >= 4 is 0 Å². The molecule has 1 aliphatic heterocycles. The van der Waals surface area contributed by atoms with Gasteiger partial charge in [-0.15, -0.1) is 0 Å². The molecule has 4 nitrogen and oxygen atoms in total. The average Bonchev–Trinajstić information content (AvgIpc) is 3.04. The number of hydrogen-bond donors (Lipinski definition) is 0. The number of nitrogens with zero attached hydrogens (tertiary/aromatic N) is 2. The number of benzene rings is 1. The highest BCUT2D eigenvalue weighted by molar-refractivity contribution is 5.19. The van der Waals surface area contributed by atoms with Crippen molar-refractivity contribution in [2.45, 2.75) is 52.4 Å². The third-order valence-electron chi connectivity index (χ3n) is 4.65. The highest BCUT2D eigenvalue weighted by atomic mass is 16.5. The zero-order valence-electron chi connectivity index (χ0n) is 15.1. The molecule has 24 heavy (non-hydrogen) atoms. The van der Waals surface area contributed by atoms with E-state index in [9.17, 15) is 0 Å². The third kappa shape index (κ3) is 4.05. The van der Waals surface area contributed by atoms with Crippen LogP contribution in [0.4, 0.5) is 0 Å². The Kier molecular flexibility index (Phi) is 5.36. The van der Waals surface area contributed by atoms with E-state index in [0.717, 1.165) is 31.1 Å². The lowest BCUT2D eigenvalue weighted by atomic mass is 10.0. The molecule has 1 aromatic heterocycles. The maximum Gasteiger partial charge on any atom is 0.139 e. The summed E-state index contributed by atoms with van der Waals surface area (Å²) in [6.45, 7) is 11.3. The second-order valence-electron chi connectivity index (χ2n) is 7.39. The predicted octanol–water partition coefficient (Wildman–Crippen LogP) is 4.40. The van der Waals surface area contributed by atoms with Crippen molar-refractivity contribution in [3.8, 4) is 0 Å². The lowest BCUT2D eigenvalue weighted by Gasteiger charge is -2.39. The Balaban J connectivity index is 1.73. The van der Waals surface area contributed by atoms with E-state index in [1.807, 2.05) is 6.07 Å². The summed E-state index contributed by atoms with van der Waals surface area (Å²) in [5, 5.41) is 4.24. The van der Waals surface area contributed by atoms with Crippen LogP contribution in [-0.4, -0.2) is 29.3 Å². The van der Waals surface area contributed by atoms with Crippen LogP contribution in [0.5, 0.6) is 0 Å². The highest BCUT2D eigenvalue weighted by Gasteiger charge is 2.31. The van der Waals surface area contributed by atoms with Crippen LogP contribution in [0.25, 0.3) is 0 Å². The first kappa shape index (κ1) is 17.2. The molecule has 1 aromatic carbocycles. The SMILES string of the molecule is CC(C)c1cc(CN2C[C@@H](c3ccccc3)O[C@@H](C(C)C)C2)no1.